The molecule has 1 aromatic carbocycles. The molecule has 0 bridgehead atoms. The Kier molecular flexibility index (Phi) is 2.36. The summed E-state index contributed by atoms with van der Waals surface area (Å²) in [5.41, 5.74) is 1.10. The van der Waals surface area contributed by atoms with Crippen LogP contribution in [0.4, 0.5) is 4.39 Å². The molecule has 2 N–H and O–H groups in total. The van der Waals surface area contributed by atoms with Crippen LogP contribution < -0.4 is 10.6 Å². The van der Waals surface area contributed by atoms with Gasteiger partial charge in [0, 0.05) is 19.5 Å². The van der Waals surface area contributed by atoms with Gasteiger partial charge >= 0.3 is 0 Å². The van der Waals surface area contributed by atoms with Crippen LogP contribution in [0.3, 0.4) is 0 Å². The van der Waals surface area contributed by atoms with Gasteiger partial charge in [-0.1, -0.05) is 12.1 Å². The van der Waals surface area contributed by atoms with Gasteiger partial charge in [-0.05, 0) is 17.7 Å². The number of hydrogen-bond donors (Lipinski definition) is 2. The first kappa shape index (κ1) is 9.78. The highest BCUT2D eigenvalue weighted by atomic mass is 19.1. The number of aliphatic imine (C=N–C) groups is 1. The molecule has 16 heavy (non-hydrogen) atoms. The number of nitrogens with one attached hydrogen (secondary N) is 2. The van der Waals surface area contributed by atoms with E-state index in [1.165, 1.54) is 12.1 Å². The van der Waals surface area contributed by atoms with Gasteiger partial charge in [-0.25, -0.2) is 4.39 Å². The Morgan fingerprint density at radius 3 is 2.81 bits per heavy atom. The predicted molar refractivity (Wildman–Crippen MR) is 61.1 cm³/mol. The Morgan fingerprint density at radius 1 is 1.25 bits per heavy atom. The largest absolute Gasteiger partial charge is 0.367 e. The number of benzene rings is 1. The molecule has 2 unspecified atom stereocenters. The van der Waals surface area contributed by atoms with Crippen molar-refractivity contribution in [3.8, 4) is 0 Å². The van der Waals surface area contributed by atoms with Crippen LogP contribution in [-0.4, -0.2) is 31.0 Å². The number of nitrogens with zero attached hydrogens (tertiary/aromatic N) is 1. The molecule has 2 aliphatic rings. The molecule has 1 fully saturated rings. The van der Waals surface area contributed by atoms with E-state index in [9.17, 15) is 4.39 Å². The Bertz CT molecular complexity index is 413. The number of hydrogen-bond acceptors (Lipinski definition) is 3. The lowest BCUT2D eigenvalue weighted by molar-refractivity contribution is 0.627. The standard InChI is InChI=1S/C12H14FN3/c13-9-3-1-8(2-4-9)5-12-15-10-6-14-7-11(10)16-12/h1-4,10-11,14H,5-7H2,(H,15,16). The van der Waals surface area contributed by atoms with Crippen LogP contribution in [0.15, 0.2) is 29.3 Å². The van der Waals surface area contributed by atoms with Gasteiger partial charge in [-0.3, -0.25) is 4.99 Å². The summed E-state index contributed by atoms with van der Waals surface area (Å²) >= 11 is 0. The van der Waals surface area contributed by atoms with Gasteiger partial charge in [0.1, 0.15) is 11.7 Å². The molecule has 0 amide bonds. The Morgan fingerprint density at radius 2 is 2.06 bits per heavy atom. The van der Waals surface area contributed by atoms with Crippen molar-refractivity contribution in [2.24, 2.45) is 4.99 Å². The lowest BCUT2D eigenvalue weighted by Gasteiger charge is -2.08. The molecular formula is C12H14FN3. The van der Waals surface area contributed by atoms with Crippen LogP contribution in [0.5, 0.6) is 0 Å². The molecule has 2 aliphatic heterocycles. The maximum Gasteiger partial charge on any atom is 0.123 e. The third-order valence-corrected chi connectivity index (χ3v) is 3.14. The second-order valence-corrected chi connectivity index (χ2v) is 4.36. The third-order valence-electron chi connectivity index (χ3n) is 3.14. The van der Waals surface area contributed by atoms with Crippen molar-refractivity contribution in [3.05, 3.63) is 35.6 Å². The highest BCUT2D eigenvalue weighted by Gasteiger charge is 2.32. The van der Waals surface area contributed by atoms with Crippen LogP contribution in [-0.2, 0) is 6.42 Å². The van der Waals surface area contributed by atoms with E-state index < -0.39 is 0 Å². The van der Waals surface area contributed by atoms with Crippen LogP contribution >= 0.6 is 0 Å². The molecule has 0 aromatic heterocycles. The van der Waals surface area contributed by atoms with Gasteiger partial charge in [-0.2, -0.15) is 0 Å². The van der Waals surface area contributed by atoms with Crippen molar-refractivity contribution in [1.82, 2.24) is 10.6 Å². The van der Waals surface area contributed by atoms with E-state index in [1.807, 2.05) is 12.1 Å². The maximum atomic E-state index is 12.7. The van der Waals surface area contributed by atoms with E-state index in [0.717, 1.165) is 30.9 Å². The summed E-state index contributed by atoms with van der Waals surface area (Å²) in [4.78, 5) is 4.62. The number of rotatable bonds is 2. The van der Waals surface area contributed by atoms with Gasteiger partial charge in [0.25, 0.3) is 0 Å². The molecule has 1 saturated heterocycles. The SMILES string of the molecule is Fc1ccc(CC2=NC3CNCC3N2)cc1. The molecule has 4 heteroatoms. The summed E-state index contributed by atoms with van der Waals surface area (Å²) < 4.78 is 12.7. The Labute approximate surface area is 93.8 Å². The molecule has 0 saturated carbocycles. The normalized spacial score (nSPS) is 27.4. The fourth-order valence-corrected chi connectivity index (χ4v) is 2.29. The van der Waals surface area contributed by atoms with Crippen LogP contribution in [0.2, 0.25) is 0 Å². The second kappa shape index (κ2) is 3.87. The molecular weight excluding hydrogens is 205 g/mol. The van der Waals surface area contributed by atoms with E-state index in [1.54, 1.807) is 0 Å². The fraction of sp³-hybridized carbons (Fsp3) is 0.417. The van der Waals surface area contributed by atoms with Crippen molar-refractivity contribution in [2.45, 2.75) is 18.5 Å². The average Bonchev–Trinajstić information content (AvgIpc) is 2.81. The number of fused-ring (bicyclic) bond motifs is 1. The van der Waals surface area contributed by atoms with Crippen LogP contribution in [0, 0.1) is 5.82 Å². The molecule has 2 heterocycles. The summed E-state index contributed by atoms with van der Waals surface area (Å²) in [5.74, 6) is 0.842. The smallest absolute Gasteiger partial charge is 0.123 e. The fourth-order valence-electron chi connectivity index (χ4n) is 2.29. The van der Waals surface area contributed by atoms with Crippen molar-refractivity contribution < 1.29 is 4.39 Å². The van der Waals surface area contributed by atoms with Crippen molar-refractivity contribution in [1.29, 1.82) is 0 Å². The molecule has 3 rings (SSSR count). The minimum atomic E-state index is -0.189. The van der Waals surface area contributed by atoms with Gasteiger partial charge in [0.05, 0.1) is 12.1 Å². The van der Waals surface area contributed by atoms with Crippen LogP contribution in [0.1, 0.15) is 5.56 Å². The average molecular weight is 219 g/mol. The zero-order valence-electron chi connectivity index (χ0n) is 8.91. The van der Waals surface area contributed by atoms with E-state index in [-0.39, 0.29) is 5.82 Å². The van der Waals surface area contributed by atoms with Crippen molar-refractivity contribution in [3.63, 3.8) is 0 Å². The quantitative estimate of drug-likeness (QED) is 0.768. The summed E-state index contributed by atoms with van der Waals surface area (Å²) in [7, 11) is 0. The molecule has 0 aliphatic carbocycles. The minimum absolute atomic E-state index is 0.189. The summed E-state index contributed by atoms with van der Waals surface area (Å²) in [6.07, 6.45) is 0.771. The van der Waals surface area contributed by atoms with E-state index in [2.05, 4.69) is 15.6 Å². The maximum absolute atomic E-state index is 12.7. The van der Waals surface area contributed by atoms with Crippen molar-refractivity contribution in [2.75, 3.05) is 13.1 Å². The highest BCUT2D eigenvalue weighted by Crippen LogP contribution is 2.13. The monoisotopic (exact) mass is 219 g/mol. The highest BCUT2D eigenvalue weighted by molar-refractivity contribution is 5.86. The Balaban J connectivity index is 1.69. The van der Waals surface area contributed by atoms with E-state index in [4.69, 9.17) is 0 Å². The number of halogens is 1. The predicted octanol–water partition coefficient (Wildman–Crippen LogP) is 0.710. The molecule has 1 aromatic rings. The topological polar surface area (TPSA) is 36.4 Å². The molecule has 0 spiro atoms. The lowest BCUT2D eigenvalue weighted by Crippen LogP contribution is -2.35. The third kappa shape index (κ3) is 1.80. The first-order chi connectivity index (χ1) is 7.81. The molecule has 84 valence electrons. The zero-order chi connectivity index (χ0) is 11.0. The Hall–Kier alpha value is -1.42. The van der Waals surface area contributed by atoms with Gasteiger partial charge in [-0.15, -0.1) is 0 Å². The van der Waals surface area contributed by atoms with Crippen LogP contribution in [0.25, 0.3) is 0 Å². The minimum Gasteiger partial charge on any atom is -0.367 e. The molecule has 2 atom stereocenters. The summed E-state index contributed by atoms with van der Waals surface area (Å²) in [6.45, 7) is 1.95. The molecule has 3 nitrogen and oxygen atoms in total. The van der Waals surface area contributed by atoms with E-state index >= 15 is 0 Å². The second-order valence-electron chi connectivity index (χ2n) is 4.36. The van der Waals surface area contributed by atoms with Gasteiger partial charge < -0.3 is 10.6 Å². The zero-order valence-corrected chi connectivity index (χ0v) is 8.91. The summed E-state index contributed by atoms with van der Waals surface area (Å²) in [6, 6.07) is 7.45. The first-order valence-corrected chi connectivity index (χ1v) is 5.59. The van der Waals surface area contributed by atoms with Gasteiger partial charge in [0.2, 0.25) is 0 Å². The first-order valence-electron chi connectivity index (χ1n) is 5.59. The lowest BCUT2D eigenvalue weighted by atomic mass is 10.1. The van der Waals surface area contributed by atoms with Gasteiger partial charge in [0.15, 0.2) is 0 Å². The molecule has 0 radical (unpaired) electrons. The van der Waals surface area contributed by atoms with Crippen molar-refractivity contribution >= 4 is 5.84 Å². The van der Waals surface area contributed by atoms with E-state index in [0.29, 0.717) is 12.1 Å². The number of amidine groups is 1. The summed E-state index contributed by atoms with van der Waals surface area (Å²) in [5, 5.41) is 6.71.